The number of carbonyl (C=O) groups excluding carboxylic acids is 1. The molecule has 0 fully saturated rings. The first kappa shape index (κ1) is 28.5. The second-order valence-corrected chi connectivity index (χ2v) is 11.3. The molecule has 212 valence electrons. The van der Waals surface area contributed by atoms with E-state index in [1.807, 2.05) is 44.6 Å². The number of benzene rings is 2. The molecular formula is C31H36ClN3O5. The third-order valence-electron chi connectivity index (χ3n) is 7.75. The van der Waals surface area contributed by atoms with Gasteiger partial charge in [0.25, 0.3) is 5.91 Å². The fourth-order valence-electron chi connectivity index (χ4n) is 5.86. The van der Waals surface area contributed by atoms with Crippen LogP contribution in [0.1, 0.15) is 18.1 Å². The van der Waals surface area contributed by atoms with Crippen LogP contribution in [-0.2, 0) is 25.5 Å². The summed E-state index contributed by atoms with van der Waals surface area (Å²) in [6.45, 7) is 4.66. The van der Waals surface area contributed by atoms with Crippen LogP contribution in [0.3, 0.4) is 0 Å². The molecule has 1 amide bonds. The number of carbonyl (C=O) groups is 1. The van der Waals surface area contributed by atoms with Gasteiger partial charge in [-0.3, -0.25) is 9.79 Å². The number of hydrogen-bond donors (Lipinski definition) is 2. The molecule has 1 aliphatic carbocycles. The van der Waals surface area contributed by atoms with Crippen LogP contribution in [0, 0.1) is 11.3 Å². The monoisotopic (exact) mass is 565 g/mol. The number of fused-ring (bicyclic) bond motifs is 2. The predicted molar refractivity (Wildman–Crippen MR) is 157 cm³/mol. The molecule has 5 rings (SSSR count). The van der Waals surface area contributed by atoms with Crippen molar-refractivity contribution in [2.45, 2.75) is 25.7 Å². The zero-order valence-electron chi connectivity index (χ0n) is 23.3. The number of aliphatic imine (C=N–C) groups is 1. The van der Waals surface area contributed by atoms with Crippen LogP contribution in [0.4, 0.5) is 0 Å². The van der Waals surface area contributed by atoms with Gasteiger partial charge in [-0.25, -0.2) is 0 Å². The average molecular weight is 566 g/mol. The number of allylic oxidation sites excluding steroid dienone is 2. The minimum absolute atomic E-state index is 0.310. The van der Waals surface area contributed by atoms with Gasteiger partial charge in [-0.1, -0.05) is 48.9 Å². The molecule has 2 aromatic carbocycles. The third-order valence-corrected chi connectivity index (χ3v) is 8.06. The van der Waals surface area contributed by atoms with E-state index in [0.29, 0.717) is 48.2 Å². The van der Waals surface area contributed by atoms with E-state index in [1.165, 1.54) is 0 Å². The summed E-state index contributed by atoms with van der Waals surface area (Å²) < 4.78 is 16.6. The summed E-state index contributed by atoms with van der Waals surface area (Å²) in [4.78, 5) is 20.4. The van der Waals surface area contributed by atoms with Crippen molar-refractivity contribution in [2.75, 3.05) is 47.6 Å². The van der Waals surface area contributed by atoms with Gasteiger partial charge in [0.05, 0.1) is 19.8 Å². The van der Waals surface area contributed by atoms with E-state index >= 15 is 0 Å². The van der Waals surface area contributed by atoms with E-state index < -0.39 is 17.6 Å². The fourth-order valence-corrected chi connectivity index (χ4v) is 6.12. The molecule has 0 saturated heterocycles. The summed E-state index contributed by atoms with van der Waals surface area (Å²) >= 11 is 6.83. The number of hydrogen-bond acceptors (Lipinski definition) is 7. The van der Waals surface area contributed by atoms with Crippen LogP contribution < -0.4 is 5.32 Å². The normalized spacial score (nSPS) is 25.6. The lowest BCUT2D eigenvalue weighted by atomic mass is 9.68. The Bertz CT molecular complexity index is 1420. The molecule has 0 bridgehead atoms. The Hall–Kier alpha value is -3.01. The lowest BCUT2D eigenvalue weighted by Crippen LogP contribution is -2.38. The van der Waals surface area contributed by atoms with Crippen molar-refractivity contribution < 1.29 is 24.1 Å². The Morgan fingerprint density at radius 3 is 2.67 bits per heavy atom. The largest absolute Gasteiger partial charge is 0.493 e. The zero-order valence-corrected chi connectivity index (χ0v) is 24.1. The highest BCUT2D eigenvalue weighted by Crippen LogP contribution is 2.50. The maximum absolute atomic E-state index is 13.5. The number of methoxy groups -OCH3 is 1. The van der Waals surface area contributed by atoms with Crippen LogP contribution in [0.5, 0.6) is 0 Å². The summed E-state index contributed by atoms with van der Waals surface area (Å²) in [6.07, 6.45) is 6.55. The van der Waals surface area contributed by atoms with Gasteiger partial charge >= 0.3 is 0 Å². The predicted octanol–water partition coefficient (Wildman–Crippen LogP) is 3.97. The lowest BCUT2D eigenvalue weighted by Gasteiger charge is -2.36. The summed E-state index contributed by atoms with van der Waals surface area (Å²) in [5.74, 6) is -0.00513. The van der Waals surface area contributed by atoms with E-state index in [4.69, 9.17) is 30.8 Å². The number of halogens is 1. The molecule has 0 radical (unpaired) electrons. The number of ether oxygens (including phenoxy) is 3. The Labute approximate surface area is 239 Å². The van der Waals surface area contributed by atoms with Gasteiger partial charge in [0.15, 0.2) is 6.23 Å². The van der Waals surface area contributed by atoms with Crippen LogP contribution in [-0.4, -0.2) is 82.0 Å². The standard InChI is InChI=1S/C31H36ClN3O5/c1-31-11-5-6-24(40-15-14-39-13-12-38-4)28(31)33-17-22(31)26-27(30(37)34-29(26)36)25-21-16-19(18-35(2)3)7-8-20(21)9-10-23(25)32/h5-11,16-17,22,28,30,37H,12-15,18H2,1-4H3,(H,34,36). The molecule has 9 heteroatoms. The van der Waals surface area contributed by atoms with E-state index in [0.717, 1.165) is 28.6 Å². The van der Waals surface area contributed by atoms with Gasteiger partial charge < -0.3 is 29.5 Å². The topological polar surface area (TPSA) is 92.6 Å². The second kappa shape index (κ2) is 11.8. The summed E-state index contributed by atoms with van der Waals surface area (Å²) in [6, 6.07) is 9.70. The molecule has 4 unspecified atom stereocenters. The molecular weight excluding hydrogens is 530 g/mol. The molecule has 0 saturated carbocycles. The minimum Gasteiger partial charge on any atom is -0.493 e. The third kappa shape index (κ3) is 5.34. The van der Waals surface area contributed by atoms with Crippen LogP contribution >= 0.6 is 11.6 Å². The molecule has 2 heterocycles. The molecule has 2 aromatic rings. The van der Waals surface area contributed by atoms with Crippen LogP contribution in [0.15, 0.2) is 64.9 Å². The number of nitrogens with one attached hydrogen (secondary N) is 1. The van der Waals surface area contributed by atoms with Gasteiger partial charge in [0, 0.05) is 52.9 Å². The smallest absolute Gasteiger partial charge is 0.250 e. The SMILES string of the molecule is COCCOCCOC1=CC=CC2(C)C(C3=C(c4c(Cl)ccc5ccc(CN(C)C)cc45)C(O)NC3=O)C=NC12. The minimum atomic E-state index is -1.19. The van der Waals surface area contributed by atoms with Crippen molar-refractivity contribution in [3.8, 4) is 0 Å². The van der Waals surface area contributed by atoms with Gasteiger partial charge in [0.1, 0.15) is 18.4 Å². The molecule has 2 aliphatic heterocycles. The number of aliphatic hydroxyl groups is 1. The Balaban J connectivity index is 1.51. The lowest BCUT2D eigenvalue weighted by molar-refractivity contribution is -0.118. The van der Waals surface area contributed by atoms with Gasteiger partial charge in [0.2, 0.25) is 0 Å². The summed E-state index contributed by atoms with van der Waals surface area (Å²) in [7, 11) is 5.67. The molecule has 40 heavy (non-hydrogen) atoms. The number of rotatable bonds is 11. The number of amides is 1. The Morgan fingerprint density at radius 1 is 1.12 bits per heavy atom. The first-order valence-electron chi connectivity index (χ1n) is 13.5. The highest BCUT2D eigenvalue weighted by atomic mass is 35.5. The fraction of sp³-hybridized carbons (Fsp3) is 0.419. The van der Waals surface area contributed by atoms with E-state index in [2.05, 4.69) is 41.4 Å². The van der Waals surface area contributed by atoms with Crippen molar-refractivity contribution in [1.82, 2.24) is 10.2 Å². The molecule has 8 nitrogen and oxygen atoms in total. The Morgan fingerprint density at radius 2 is 1.90 bits per heavy atom. The van der Waals surface area contributed by atoms with Crippen molar-refractivity contribution in [2.24, 2.45) is 16.3 Å². The molecule has 4 atom stereocenters. The molecule has 3 aliphatic rings. The molecule has 0 spiro atoms. The Kier molecular flexibility index (Phi) is 8.44. The molecule has 2 N–H and O–H groups in total. The number of aliphatic hydroxyl groups excluding tert-OH is 1. The highest BCUT2D eigenvalue weighted by molar-refractivity contribution is 6.34. The van der Waals surface area contributed by atoms with Gasteiger partial charge in [-0.15, -0.1) is 0 Å². The van der Waals surface area contributed by atoms with Gasteiger partial charge in [-0.05, 0) is 48.6 Å². The van der Waals surface area contributed by atoms with Crippen LogP contribution in [0.2, 0.25) is 5.02 Å². The molecule has 0 aromatic heterocycles. The second-order valence-electron chi connectivity index (χ2n) is 10.8. The first-order chi connectivity index (χ1) is 19.2. The zero-order chi connectivity index (χ0) is 28.4. The van der Waals surface area contributed by atoms with Crippen molar-refractivity contribution >= 4 is 40.1 Å². The van der Waals surface area contributed by atoms with E-state index in [9.17, 15) is 9.90 Å². The van der Waals surface area contributed by atoms with E-state index in [-0.39, 0.29) is 11.9 Å². The highest BCUT2D eigenvalue weighted by Gasteiger charge is 2.52. The van der Waals surface area contributed by atoms with Crippen molar-refractivity contribution in [3.05, 3.63) is 76.0 Å². The number of nitrogens with zero attached hydrogens (tertiary/aromatic N) is 2. The van der Waals surface area contributed by atoms with Crippen molar-refractivity contribution in [3.63, 3.8) is 0 Å². The summed E-state index contributed by atoms with van der Waals surface area (Å²) in [5.41, 5.74) is 2.18. The first-order valence-corrected chi connectivity index (χ1v) is 13.8. The van der Waals surface area contributed by atoms with Gasteiger partial charge in [-0.2, -0.15) is 0 Å². The summed E-state index contributed by atoms with van der Waals surface area (Å²) in [5, 5.41) is 16.3. The van der Waals surface area contributed by atoms with E-state index in [1.54, 1.807) is 7.11 Å². The van der Waals surface area contributed by atoms with Crippen LogP contribution in [0.25, 0.3) is 16.3 Å². The average Bonchev–Trinajstić information content (AvgIpc) is 3.40. The quantitative estimate of drug-likeness (QED) is 0.401. The van der Waals surface area contributed by atoms with Crippen molar-refractivity contribution in [1.29, 1.82) is 0 Å². The maximum atomic E-state index is 13.5. The maximum Gasteiger partial charge on any atom is 0.250 e.